The number of guanidine groups is 1. The van der Waals surface area contributed by atoms with Gasteiger partial charge in [-0.3, -0.25) is 0 Å². The molecular weight excluding hydrogens is 338 g/mol. The van der Waals surface area contributed by atoms with Crippen LogP contribution in [0.1, 0.15) is 24.2 Å². The highest BCUT2D eigenvalue weighted by Crippen LogP contribution is 2.29. The van der Waals surface area contributed by atoms with Gasteiger partial charge in [0.2, 0.25) is 0 Å². The molecule has 1 aromatic heterocycles. The molecular formula is C18H25N3O3S. The summed E-state index contributed by atoms with van der Waals surface area (Å²) < 4.78 is 10.6. The standard InChI is InChI=1S/C18H25N3O3S/c1-4-19-18(20-10-13-7-8-25-12-13)21-11-16(22)15-9-14(23-2)5-6-17(15)24-3/h5-9,12,16,22H,4,10-11H2,1-3H3,(H2,19,20,21). The molecule has 0 radical (unpaired) electrons. The first-order chi connectivity index (χ1) is 12.2. The van der Waals surface area contributed by atoms with E-state index in [1.54, 1.807) is 43.8 Å². The number of rotatable bonds is 8. The van der Waals surface area contributed by atoms with Gasteiger partial charge in [-0.2, -0.15) is 11.3 Å². The quantitative estimate of drug-likeness (QED) is 0.496. The van der Waals surface area contributed by atoms with Crippen LogP contribution in [0.25, 0.3) is 0 Å². The Bertz CT molecular complexity index is 674. The topological polar surface area (TPSA) is 75.1 Å². The number of nitrogens with one attached hydrogen (secondary N) is 2. The normalized spacial score (nSPS) is 12.6. The molecule has 3 N–H and O–H groups in total. The maximum Gasteiger partial charge on any atom is 0.191 e. The van der Waals surface area contributed by atoms with Gasteiger partial charge < -0.3 is 25.2 Å². The Kier molecular flexibility index (Phi) is 7.56. The summed E-state index contributed by atoms with van der Waals surface area (Å²) in [5, 5.41) is 21.0. The highest BCUT2D eigenvalue weighted by Gasteiger charge is 2.15. The van der Waals surface area contributed by atoms with Gasteiger partial charge in [-0.05, 0) is 47.5 Å². The van der Waals surface area contributed by atoms with E-state index in [0.29, 0.717) is 36.1 Å². The van der Waals surface area contributed by atoms with Crippen LogP contribution in [0.4, 0.5) is 0 Å². The summed E-state index contributed by atoms with van der Waals surface area (Å²) in [5.74, 6) is 1.96. The first-order valence-corrected chi connectivity index (χ1v) is 9.05. The van der Waals surface area contributed by atoms with Crippen LogP contribution >= 0.6 is 11.3 Å². The summed E-state index contributed by atoms with van der Waals surface area (Å²) in [6, 6.07) is 7.41. The zero-order valence-corrected chi connectivity index (χ0v) is 15.6. The second-order valence-corrected chi connectivity index (χ2v) is 6.11. The predicted molar refractivity (Wildman–Crippen MR) is 102 cm³/mol. The van der Waals surface area contributed by atoms with E-state index >= 15 is 0 Å². The first-order valence-electron chi connectivity index (χ1n) is 8.11. The molecule has 0 fully saturated rings. The second kappa shape index (κ2) is 9.90. The molecule has 7 heteroatoms. The number of hydrogen-bond acceptors (Lipinski definition) is 5. The summed E-state index contributed by atoms with van der Waals surface area (Å²) >= 11 is 1.65. The van der Waals surface area contributed by atoms with Crippen molar-refractivity contribution in [2.24, 2.45) is 4.99 Å². The molecule has 2 aromatic rings. The van der Waals surface area contributed by atoms with Crippen LogP contribution in [0.3, 0.4) is 0 Å². The Labute approximate surface area is 152 Å². The number of thiophene rings is 1. The molecule has 25 heavy (non-hydrogen) atoms. The number of ether oxygens (including phenoxy) is 2. The SMILES string of the molecule is CCNC(=NCc1ccsc1)NCC(O)c1cc(OC)ccc1OC. The maximum absolute atomic E-state index is 10.5. The highest BCUT2D eigenvalue weighted by atomic mass is 32.1. The van der Waals surface area contributed by atoms with Gasteiger partial charge in [-0.25, -0.2) is 4.99 Å². The summed E-state index contributed by atoms with van der Waals surface area (Å²) in [5.41, 5.74) is 1.83. The van der Waals surface area contributed by atoms with Gasteiger partial charge >= 0.3 is 0 Å². The fourth-order valence-electron chi connectivity index (χ4n) is 2.30. The molecule has 1 unspecified atom stereocenters. The molecule has 1 aromatic carbocycles. The van der Waals surface area contributed by atoms with Crippen LogP contribution < -0.4 is 20.1 Å². The molecule has 1 atom stereocenters. The Balaban J connectivity index is 2.02. The Morgan fingerprint density at radius 1 is 1.24 bits per heavy atom. The summed E-state index contributed by atoms with van der Waals surface area (Å²) in [6.45, 7) is 3.65. The summed E-state index contributed by atoms with van der Waals surface area (Å²) in [6.07, 6.45) is -0.755. The van der Waals surface area contributed by atoms with Crippen molar-refractivity contribution in [2.45, 2.75) is 19.6 Å². The molecule has 0 aliphatic heterocycles. The van der Waals surface area contributed by atoms with E-state index in [-0.39, 0.29) is 0 Å². The van der Waals surface area contributed by atoms with Gasteiger partial charge in [-0.1, -0.05) is 0 Å². The number of nitrogens with zero attached hydrogens (tertiary/aromatic N) is 1. The molecule has 0 amide bonds. The maximum atomic E-state index is 10.5. The van der Waals surface area contributed by atoms with Gasteiger partial charge in [0, 0.05) is 18.7 Å². The predicted octanol–water partition coefficient (Wildman–Crippen LogP) is 2.55. The third-order valence-electron chi connectivity index (χ3n) is 3.60. The van der Waals surface area contributed by atoms with Crippen LogP contribution in [-0.2, 0) is 6.54 Å². The van der Waals surface area contributed by atoms with Crippen molar-refractivity contribution in [1.82, 2.24) is 10.6 Å². The van der Waals surface area contributed by atoms with Gasteiger partial charge in [0.1, 0.15) is 11.5 Å². The van der Waals surface area contributed by atoms with Crippen molar-refractivity contribution < 1.29 is 14.6 Å². The van der Waals surface area contributed by atoms with Crippen LogP contribution in [0.5, 0.6) is 11.5 Å². The van der Waals surface area contributed by atoms with E-state index in [9.17, 15) is 5.11 Å². The van der Waals surface area contributed by atoms with Crippen molar-refractivity contribution in [3.8, 4) is 11.5 Å². The van der Waals surface area contributed by atoms with Crippen molar-refractivity contribution >= 4 is 17.3 Å². The number of aliphatic hydroxyl groups excluding tert-OH is 1. The number of methoxy groups -OCH3 is 2. The monoisotopic (exact) mass is 363 g/mol. The lowest BCUT2D eigenvalue weighted by Gasteiger charge is -2.18. The number of hydrogen-bond donors (Lipinski definition) is 3. The fraction of sp³-hybridized carbons (Fsp3) is 0.389. The number of aliphatic imine (C=N–C) groups is 1. The molecule has 0 spiro atoms. The molecule has 0 aliphatic carbocycles. The van der Waals surface area contributed by atoms with Gasteiger partial charge in [0.15, 0.2) is 5.96 Å². The third-order valence-corrected chi connectivity index (χ3v) is 4.33. The lowest BCUT2D eigenvalue weighted by Crippen LogP contribution is -2.39. The van der Waals surface area contributed by atoms with Crippen LogP contribution in [0, 0.1) is 0 Å². The lowest BCUT2D eigenvalue weighted by atomic mass is 10.1. The van der Waals surface area contributed by atoms with E-state index in [2.05, 4.69) is 21.0 Å². The average Bonchev–Trinajstić information content (AvgIpc) is 3.16. The third kappa shape index (κ3) is 5.65. The molecule has 1 heterocycles. The van der Waals surface area contributed by atoms with Crippen molar-refractivity contribution in [3.63, 3.8) is 0 Å². The Hall–Kier alpha value is -2.25. The molecule has 0 saturated carbocycles. The van der Waals surface area contributed by atoms with Crippen LogP contribution in [0.2, 0.25) is 0 Å². The van der Waals surface area contributed by atoms with Crippen molar-refractivity contribution in [3.05, 3.63) is 46.2 Å². The summed E-state index contributed by atoms with van der Waals surface area (Å²) in [7, 11) is 3.18. The summed E-state index contributed by atoms with van der Waals surface area (Å²) in [4.78, 5) is 4.53. The van der Waals surface area contributed by atoms with E-state index in [1.165, 1.54) is 0 Å². The van der Waals surface area contributed by atoms with E-state index < -0.39 is 6.10 Å². The van der Waals surface area contributed by atoms with Gasteiger partial charge in [-0.15, -0.1) is 0 Å². The fourth-order valence-corrected chi connectivity index (χ4v) is 2.96. The molecule has 0 bridgehead atoms. The van der Waals surface area contributed by atoms with Gasteiger partial charge in [0.25, 0.3) is 0 Å². The second-order valence-electron chi connectivity index (χ2n) is 5.33. The highest BCUT2D eigenvalue weighted by molar-refractivity contribution is 7.07. The zero-order chi connectivity index (χ0) is 18.1. The minimum Gasteiger partial charge on any atom is -0.497 e. The largest absolute Gasteiger partial charge is 0.497 e. The Morgan fingerprint density at radius 3 is 2.72 bits per heavy atom. The van der Waals surface area contributed by atoms with Gasteiger partial charge in [0.05, 0.1) is 26.9 Å². The smallest absolute Gasteiger partial charge is 0.191 e. The van der Waals surface area contributed by atoms with Crippen LogP contribution in [-0.4, -0.2) is 38.4 Å². The number of benzene rings is 1. The van der Waals surface area contributed by atoms with Crippen molar-refractivity contribution in [2.75, 3.05) is 27.3 Å². The number of aliphatic hydroxyl groups is 1. The zero-order valence-electron chi connectivity index (χ0n) is 14.8. The molecule has 6 nitrogen and oxygen atoms in total. The molecule has 0 saturated heterocycles. The average molecular weight is 363 g/mol. The first kappa shape index (κ1) is 19.1. The minimum atomic E-state index is -0.755. The minimum absolute atomic E-state index is 0.305. The van der Waals surface area contributed by atoms with Crippen LogP contribution in [0.15, 0.2) is 40.0 Å². The van der Waals surface area contributed by atoms with E-state index in [0.717, 1.165) is 12.1 Å². The molecule has 0 aliphatic rings. The molecule has 2 rings (SSSR count). The lowest BCUT2D eigenvalue weighted by molar-refractivity contribution is 0.176. The van der Waals surface area contributed by atoms with E-state index in [4.69, 9.17) is 9.47 Å². The van der Waals surface area contributed by atoms with E-state index in [1.807, 2.05) is 18.4 Å². The van der Waals surface area contributed by atoms with Crippen molar-refractivity contribution in [1.29, 1.82) is 0 Å². The Morgan fingerprint density at radius 2 is 2.08 bits per heavy atom. The molecule has 136 valence electrons.